The second kappa shape index (κ2) is 48.6. The Balaban J connectivity index is 0.000000908. The van der Waals surface area contributed by atoms with Gasteiger partial charge in [-0.2, -0.15) is 132 Å². The zero-order chi connectivity index (χ0) is 114. The second-order valence-corrected chi connectivity index (χ2v) is 34.9. The van der Waals surface area contributed by atoms with Crippen molar-refractivity contribution in [1.29, 1.82) is 0 Å². The zero-order valence-corrected chi connectivity index (χ0v) is 76.0. The van der Waals surface area contributed by atoms with Crippen LogP contribution in [-0.4, -0.2) is 300 Å². The van der Waals surface area contributed by atoms with Crippen LogP contribution in [0.4, 0.5) is 132 Å². The van der Waals surface area contributed by atoms with E-state index in [-0.39, 0.29) is 59.6 Å². The van der Waals surface area contributed by atoms with Crippen LogP contribution in [-0.2, 0) is 133 Å². The third kappa shape index (κ3) is 35.0. The number of esters is 8. The number of methoxy groups -OCH3 is 2. The van der Waals surface area contributed by atoms with Gasteiger partial charge >= 0.3 is 138 Å². The van der Waals surface area contributed by atoms with Crippen LogP contribution in [0.15, 0.2) is 78.9 Å². The smallest absolute Gasteiger partial charge is 0.438 e. The molecule has 0 aliphatic heterocycles. The Kier molecular flexibility index (Phi) is 44.3. The van der Waals surface area contributed by atoms with Crippen LogP contribution in [0.2, 0.25) is 0 Å². The maximum absolute atomic E-state index is 13.5. The maximum atomic E-state index is 13.5. The largest absolute Gasteiger partial charge is 0.748 e. The highest BCUT2D eigenvalue weighted by Crippen LogP contribution is 2.54. The molecule has 0 atom stereocenters. The van der Waals surface area contributed by atoms with E-state index in [0.29, 0.717) is 23.8 Å². The fraction of sp³-hybridized carbons (Fsp3) is 0.457. The van der Waals surface area contributed by atoms with E-state index in [4.69, 9.17) is 69.1 Å². The fourth-order valence-corrected chi connectivity index (χ4v) is 15.2. The highest BCUT2D eigenvalue weighted by atomic mass is 32.2. The van der Waals surface area contributed by atoms with Crippen molar-refractivity contribution in [3.63, 3.8) is 0 Å². The Morgan fingerprint density at radius 2 is 0.510 bits per heavy atom. The summed E-state index contributed by atoms with van der Waals surface area (Å²) in [5.74, 6) is -32.4. The summed E-state index contributed by atoms with van der Waals surface area (Å²) in [6.45, 7) is 2.64. The molecule has 14 radical (unpaired) electrons. The Bertz CT molecular complexity index is 6050. The molecule has 0 aliphatic rings. The van der Waals surface area contributed by atoms with E-state index in [1.54, 1.807) is 0 Å². The highest BCUT2D eigenvalue weighted by molar-refractivity contribution is 7.86. The van der Waals surface area contributed by atoms with Crippen LogP contribution in [0.1, 0.15) is 112 Å². The summed E-state index contributed by atoms with van der Waals surface area (Å²) in [6.07, 6.45) is -67.5. The van der Waals surface area contributed by atoms with Gasteiger partial charge in [0.25, 0.3) is 0 Å². The molecule has 0 spiro atoms. The summed E-state index contributed by atoms with van der Waals surface area (Å²) in [6, 6.07) is 11.3. The van der Waals surface area contributed by atoms with Crippen molar-refractivity contribution >= 4 is 153 Å². The molecule has 0 amide bonds. The lowest BCUT2D eigenvalue weighted by molar-refractivity contribution is -0.357. The van der Waals surface area contributed by atoms with Gasteiger partial charge in [0.05, 0.1) is 165 Å². The van der Waals surface area contributed by atoms with Gasteiger partial charge in [0, 0.05) is 26.3 Å². The van der Waals surface area contributed by atoms with Gasteiger partial charge in [-0.3, -0.25) is 14.4 Å². The zero-order valence-electron chi connectivity index (χ0n) is 71.9. The van der Waals surface area contributed by atoms with E-state index in [2.05, 4.69) is 33.2 Å². The summed E-state index contributed by atoms with van der Waals surface area (Å²) in [5, 5.41) is 0. The Hall–Kier alpha value is -10.6. The predicted molar refractivity (Wildman–Crippen MR) is 420 cm³/mol. The van der Waals surface area contributed by atoms with Crippen LogP contribution in [0.25, 0.3) is 0 Å². The topological polar surface area (TPSA) is 515 Å². The average Bonchev–Trinajstić information content (AvgIpc) is 0.736. The molecule has 75 heteroatoms. The van der Waals surface area contributed by atoms with Gasteiger partial charge in [-0.1, -0.05) is 85.7 Å². The van der Waals surface area contributed by atoms with Crippen LogP contribution in [0, 0.1) is 0 Å². The van der Waals surface area contributed by atoms with Gasteiger partial charge in [-0.25, -0.2) is 66.1 Å². The molecule has 0 fully saturated rings. The molecule has 0 saturated carbocycles. The molecule has 5 aromatic carbocycles. The first-order chi connectivity index (χ1) is 64.9. The van der Waals surface area contributed by atoms with Crippen LogP contribution < -0.4 is 23.7 Å². The number of hydrogen-bond donors (Lipinski definition) is 0. The van der Waals surface area contributed by atoms with Crippen LogP contribution in [0.5, 0.6) is 28.7 Å². The summed E-state index contributed by atoms with van der Waals surface area (Å²) in [4.78, 5) is 94.1. The minimum atomic E-state index is -6.58. The monoisotopic (exact) mass is 2230 g/mol. The minimum absolute atomic E-state index is 0.0253. The van der Waals surface area contributed by atoms with Crippen LogP contribution >= 0.6 is 0 Å². The summed E-state index contributed by atoms with van der Waals surface area (Å²) in [5.41, 5.74) is -33.0. The molecule has 33 nitrogen and oxygen atoms in total. The van der Waals surface area contributed by atoms with Crippen molar-refractivity contribution < 1.29 is 282 Å². The third-order valence-corrected chi connectivity index (χ3v) is 21.2. The van der Waals surface area contributed by atoms with E-state index >= 15 is 0 Å². The molecule has 0 N–H and O–H groups in total. The van der Waals surface area contributed by atoms with Crippen molar-refractivity contribution in [2.45, 2.75) is 155 Å². The molecular formula is C70H52B7F30O33S5-5. The Morgan fingerprint density at radius 3 is 0.752 bits per heavy atom. The van der Waals surface area contributed by atoms with Crippen molar-refractivity contribution in [3.8, 4) is 28.7 Å². The molecule has 0 bridgehead atoms. The molecule has 5 rings (SSSR count). The lowest BCUT2D eigenvalue weighted by Crippen LogP contribution is -2.63. The first-order valence-corrected chi connectivity index (χ1v) is 44.5. The number of carbonyl (C=O) groups excluding carboxylic acids is 8. The lowest BCUT2D eigenvalue weighted by atomic mass is 9.81. The quantitative estimate of drug-likeness (QED) is 0.00969. The molecule has 0 heterocycles. The third-order valence-electron chi connectivity index (χ3n) is 17.4. The number of rotatable bonds is 32. The summed E-state index contributed by atoms with van der Waals surface area (Å²) < 4.78 is 599. The Morgan fingerprint density at radius 1 is 0.269 bits per heavy atom. The average molecular weight is 2230 g/mol. The van der Waals surface area contributed by atoms with Gasteiger partial charge < -0.3 is 70.1 Å². The molecule has 0 saturated heterocycles. The standard InChI is InChI=1S/C16H13B3F6O7S.2C14H11BF6O7S.2C13H11BF6O6S/c1-7(26)31-12-9(4-18)2-8(3-17)11(10(12)5-19)13(27)32-14(15(20,21)22,16(23,24)25)6-33(28,29)30;1-7(22)27-10-4-8(2-3-9(10)5-15)11(23)28-12(13(16,17)18,14(19,20)21)6-29(24,25)26;1-7(22)27-10-4-8(5-15)2-3-9(10)11(23)28-12(13(16,17)18,14(19,20)21)6-29(24,25)26;1-25-9-4-7(2-3-8(9)5-14)10(21)26-11(12(15,16)17,13(18,19)20)6-27(22,23)24;1-25-9-4-7(5-14)2-3-8(9)10(21)26-11(12(15,16)17,13(18,19)20)6-27(22,23)24/h2H,3-6H2,1H3,(H,28,29,30);2*2-4H,5-6H2,1H3,(H,24,25,26);2*2-4H,5-6H2,1H3,(H,22,23,24)/p-5. The van der Waals surface area contributed by atoms with Crippen molar-refractivity contribution in [1.82, 2.24) is 0 Å². The van der Waals surface area contributed by atoms with Crippen molar-refractivity contribution in [2.75, 3.05) is 43.0 Å². The van der Waals surface area contributed by atoms with Gasteiger partial charge in [-0.05, 0) is 70.8 Å². The molecule has 5 aromatic rings. The molecular weight excluding hydrogens is 2170 g/mol. The van der Waals surface area contributed by atoms with Gasteiger partial charge in [-0.15, -0.1) is 0 Å². The minimum Gasteiger partial charge on any atom is -0.748 e. The van der Waals surface area contributed by atoms with E-state index < -0.39 is 291 Å². The number of alkyl halides is 30. The van der Waals surface area contributed by atoms with Crippen molar-refractivity contribution in [2.24, 2.45) is 0 Å². The number of hydrogen-bond acceptors (Lipinski definition) is 33. The predicted octanol–water partition coefficient (Wildman–Crippen LogP) is 8.73. The molecule has 145 heavy (non-hydrogen) atoms. The second-order valence-electron chi connectivity index (χ2n) is 27.9. The Labute approximate surface area is 804 Å². The fourth-order valence-electron chi connectivity index (χ4n) is 10.8. The summed E-state index contributed by atoms with van der Waals surface area (Å²) in [7, 11) is 8.96. The normalized spacial score (nSPS) is 13.2. The number of carbonyl (C=O) groups is 8. The van der Waals surface area contributed by atoms with Gasteiger partial charge in [0.1, 0.15) is 39.9 Å². The molecule has 0 aliphatic carbocycles. The van der Waals surface area contributed by atoms with E-state index in [1.165, 1.54) is 0 Å². The molecule has 796 valence electrons. The maximum Gasteiger partial charge on any atom is 0.438 e. The highest BCUT2D eigenvalue weighted by Gasteiger charge is 2.80. The number of ether oxygens (including phenoxy) is 10. The molecule has 0 unspecified atom stereocenters. The number of benzene rings is 5. The SMILES string of the molecule is [B]Cc1cc(C[B])c(C(=O)OC(CS(=O)(=O)[O-])(C(F)(F)F)C(F)(F)F)c(C[B])c1OC(C)=O.[B]Cc1ccc(C(=O)OC(CS(=O)(=O)[O-])(C(F)(F)F)C(F)(F)F)c(OC(C)=O)c1.[B]Cc1ccc(C(=O)OC(CS(=O)(=O)[O-])(C(F)(F)F)C(F)(F)F)c(OC)c1.[B]Cc1ccc(C(=O)OC(CS(=O)(=O)[O-])(C(F)(F)F)C(F)(F)F)cc1OC.[B]Cc1ccc(C(=O)OC(CS(=O)(=O)[O-])(C(F)(F)F)C(F)(F)F)cc1OC(C)=O. The molecule has 0 aromatic heterocycles. The number of halogens is 30. The van der Waals surface area contributed by atoms with E-state index in [9.17, 15) is 235 Å². The van der Waals surface area contributed by atoms with Crippen molar-refractivity contribution in [3.05, 3.63) is 146 Å². The summed E-state index contributed by atoms with van der Waals surface area (Å²) >= 11 is 0. The first-order valence-electron chi connectivity index (χ1n) is 36.6. The van der Waals surface area contributed by atoms with Crippen LogP contribution in [0.3, 0.4) is 0 Å². The van der Waals surface area contributed by atoms with E-state index in [0.717, 1.165) is 95.7 Å². The first kappa shape index (κ1) is 132. The van der Waals surface area contributed by atoms with Gasteiger partial charge in [0.2, 0.25) is 0 Å². The van der Waals surface area contributed by atoms with E-state index in [1.807, 2.05) is 0 Å². The lowest BCUT2D eigenvalue weighted by Gasteiger charge is -2.37. The van der Waals surface area contributed by atoms with Gasteiger partial charge in [0.15, 0.2) is 0 Å².